The van der Waals surface area contributed by atoms with Gasteiger partial charge < -0.3 is 9.47 Å². The van der Waals surface area contributed by atoms with Gasteiger partial charge in [0.05, 0.1) is 7.11 Å². The van der Waals surface area contributed by atoms with E-state index < -0.39 is 11.8 Å². The summed E-state index contributed by atoms with van der Waals surface area (Å²) >= 11 is 0. The second kappa shape index (κ2) is 4.60. The molecule has 0 bridgehead atoms. The predicted molar refractivity (Wildman–Crippen MR) is 48.9 cm³/mol. The molecular formula is C10H11FO3. The average molecular weight is 198 g/mol. The molecule has 0 aliphatic heterocycles. The third-order valence-corrected chi connectivity index (χ3v) is 1.64. The number of hydrogen-bond donors (Lipinski definition) is 0. The van der Waals surface area contributed by atoms with E-state index in [2.05, 4.69) is 0 Å². The van der Waals surface area contributed by atoms with Crippen molar-refractivity contribution in [2.45, 2.75) is 13.3 Å². The van der Waals surface area contributed by atoms with Crippen molar-refractivity contribution in [1.82, 2.24) is 0 Å². The van der Waals surface area contributed by atoms with E-state index in [0.717, 1.165) is 6.07 Å². The fraction of sp³-hybridized carbons (Fsp3) is 0.300. The molecule has 3 nitrogen and oxygen atoms in total. The molecule has 0 unspecified atom stereocenters. The monoisotopic (exact) mass is 198 g/mol. The van der Waals surface area contributed by atoms with Crippen molar-refractivity contribution in [3.8, 4) is 11.5 Å². The zero-order chi connectivity index (χ0) is 10.6. The van der Waals surface area contributed by atoms with Crippen LogP contribution in [0.25, 0.3) is 0 Å². The van der Waals surface area contributed by atoms with Crippen LogP contribution in [0.2, 0.25) is 0 Å². The molecule has 1 aromatic carbocycles. The first-order valence-corrected chi connectivity index (χ1v) is 4.21. The molecule has 0 amide bonds. The maximum absolute atomic E-state index is 13.1. The van der Waals surface area contributed by atoms with Gasteiger partial charge in [-0.15, -0.1) is 0 Å². The normalized spacial score (nSPS) is 9.64. The Kier molecular flexibility index (Phi) is 3.45. The zero-order valence-corrected chi connectivity index (χ0v) is 8.04. The summed E-state index contributed by atoms with van der Waals surface area (Å²) in [7, 11) is 1.37. The van der Waals surface area contributed by atoms with E-state index in [4.69, 9.17) is 9.47 Å². The Bertz CT molecular complexity index is 336. The standard InChI is InChI=1S/C10H11FO3/c1-3-10(12)14-7-4-5-9(13-2)8(11)6-7/h4-6H,3H2,1-2H3. The third kappa shape index (κ3) is 2.45. The molecule has 0 atom stereocenters. The lowest BCUT2D eigenvalue weighted by atomic mass is 10.3. The predicted octanol–water partition coefficient (Wildman–Crippen LogP) is 2.15. The van der Waals surface area contributed by atoms with Crippen LogP contribution in [0.15, 0.2) is 18.2 Å². The van der Waals surface area contributed by atoms with Gasteiger partial charge in [0, 0.05) is 12.5 Å². The first-order valence-electron chi connectivity index (χ1n) is 4.21. The number of carbonyl (C=O) groups excluding carboxylic acids is 1. The molecule has 0 aromatic heterocycles. The van der Waals surface area contributed by atoms with Crippen LogP contribution in [-0.2, 0) is 4.79 Å². The number of carbonyl (C=O) groups is 1. The third-order valence-electron chi connectivity index (χ3n) is 1.64. The minimum absolute atomic E-state index is 0.126. The van der Waals surface area contributed by atoms with E-state index >= 15 is 0 Å². The molecular weight excluding hydrogens is 187 g/mol. The highest BCUT2D eigenvalue weighted by atomic mass is 19.1. The number of benzene rings is 1. The van der Waals surface area contributed by atoms with Gasteiger partial charge in [-0.05, 0) is 12.1 Å². The first kappa shape index (κ1) is 10.5. The maximum atomic E-state index is 13.1. The summed E-state index contributed by atoms with van der Waals surface area (Å²) in [5, 5.41) is 0. The fourth-order valence-electron chi connectivity index (χ4n) is 0.914. The molecule has 0 heterocycles. The summed E-state index contributed by atoms with van der Waals surface area (Å²) < 4.78 is 22.6. The van der Waals surface area contributed by atoms with Crippen molar-refractivity contribution in [2.75, 3.05) is 7.11 Å². The van der Waals surface area contributed by atoms with Crippen LogP contribution < -0.4 is 9.47 Å². The van der Waals surface area contributed by atoms with Crippen LogP contribution in [0.4, 0.5) is 4.39 Å². The summed E-state index contributed by atoms with van der Waals surface area (Å²) in [5.41, 5.74) is 0. The Morgan fingerprint density at radius 3 is 2.71 bits per heavy atom. The minimum atomic E-state index is -0.547. The van der Waals surface area contributed by atoms with Gasteiger partial charge in [0.25, 0.3) is 0 Å². The quantitative estimate of drug-likeness (QED) is 0.551. The molecule has 0 aliphatic carbocycles. The van der Waals surface area contributed by atoms with Crippen molar-refractivity contribution >= 4 is 5.97 Å². The van der Waals surface area contributed by atoms with E-state index in [1.165, 1.54) is 19.2 Å². The molecule has 0 aliphatic rings. The van der Waals surface area contributed by atoms with Crippen molar-refractivity contribution in [2.24, 2.45) is 0 Å². The SMILES string of the molecule is CCC(=O)Oc1ccc(OC)c(F)c1. The summed E-state index contributed by atoms with van der Waals surface area (Å²) in [6.07, 6.45) is 0.258. The molecule has 0 spiro atoms. The Hall–Kier alpha value is -1.58. The van der Waals surface area contributed by atoms with Gasteiger partial charge in [0.1, 0.15) is 5.75 Å². The summed E-state index contributed by atoms with van der Waals surface area (Å²) in [6.45, 7) is 1.67. The second-order valence-electron chi connectivity index (χ2n) is 2.62. The van der Waals surface area contributed by atoms with E-state index in [1.807, 2.05) is 0 Å². The number of esters is 1. The highest BCUT2D eigenvalue weighted by molar-refractivity contribution is 5.71. The van der Waals surface area contributed by atoms with Gasteiger partial charge in [-0.2, -0.15) is 0 Å². The number of hydrogen-bond acceptors (Lipinski definition) is 3. The molecule has 1 aromatic rings. The van der Waals surface area contributed by atoms with Gasteiger partial charge in [0.2, 0.25) is 0 Å². The van der Waals surface area contributed by atoms with Crippen LogP contribution >= 0.6 is 0 Å². The molecule has 0 fully saturated rings. The van der Waals surface area contributed by atoms with E-state index in [-0.39, 0.29) is 17.9 Å². The number of ether oxygens (including phenoxy) is 2. The highest BCUT2D eigenvalue weighted by Gasteiger charge is 2.06. The van der Waals surface area contributed by atoms with Crippen LogP contribution in [0, 0.1) is 5.82 Å². The van der Waals surface area contributed by atoms with Crippen molar-refractivity contribution < 1.29 is 18.7 Å². The van der Waals surface area contributed by atoms with Gasteiger partial charge in [-0.3, -0.25) is 4.79 Å². The number of rotatable bonds is 3. The topological polar surface area (TPSA) is 35.5 Å². The van der Waals surface area contributed by atoms with Gasteiger partial charge in [-0.1, -0.05) is 6.92 Å². The molecule has 4 heteroatoms. The summed E-state index contributed by atoms with van der Waals surface area (Å²) in [6, 6.07) is 4.01. The Morgan fingerprint density at radius 1 is 1.50 bits per heavy atom. The fourth-order valence-corrected chi connectivity index (χ4v) is 0.914. The van der Waals surface area contributed by atoms with E-state index in [9.17, 15) is 9.18 Å². The lowest BCUT2D eigenvalue weighted by Gasteiger charge is -2.05. The first-order chi connectivity index (χ1) is 6.67. The van der Waals surface area contributed by atoms with Crippen molar-refractivity contribution in [1.29, 1.82) is 0 Å². The average Bonchev–Trinajstić information content (AvgIpc) is 2.18. The largest absolute Gasteiger partial charge is 0.494 e. The highest BCUT2D eigenvalue weighted by Crippen LogP contribution is 2.22. The van der Waals surface area contributed by atoms with E-state index in [0.29, 0.717) is 0 Å². The Labute approximate surface area is 81.4 Å². The molecule has 0 saturated carbocycles. The van der Waals surface area contributed by atoms with Gasteiger partial charge in [0.15, 0.2) is 11.6 Å². The van der Waals surface area contributed by atoms with E-state index in [1.54, 1.807) is 6.92 Å². The second-order valence-corrected chi connectivity index (χ2v) is 2.62. The molecule has 0 saturated heterocycles. The summed E-state index contributed by atoms with van der Waals surface area (Å²) in [5.74, 6) is -0.625. The molecule has 76 valence electrons. The lowest BCUT2D eigenvalue weighted by molar-refractivity contribution is -0.134. The van der Waals surface area contributed by atoms with Crippen LogP contribution in [0.1, 0.15) is 13.3 Å². The zero-order valence-electron chi connectivity index (χ0n) is 8.04. The Balaban J connectivity index is 2.81. The maximum Gasteiger partial charge on any atom is 0.310 e. The Morgan fingerprint density at radius 2 is 2.21 bits per heavy atom. The van der Waals surface area contributed by atoms with Crippen LogP contribution in [0.5, 0.6) is 11.5 Å². The molecule has 0 N–H and O–H groups in total. The molecule has 0 radical (unpaired) electrons. The van der Waals surface area contributed by atoms with Crippen LogP contribution in [-0.4, -0.2) is 13.1 Å². The molecule has 14 heavy (non-hydrogen) atoms. The van der Waals surface area contributed by atoms with Gasteiger partial charge in [-0.25, -0.2) is 4.39 Å². The number of methoxy groups -OCH3 is 1. The number of halogens is 1. The smallest absolute Gasteiger partial charge is 0.310 e. The minimum Gasteiger partial charge on any atom is -0.494 e. The molecule has 1 rings (SSSR count). The van der Waals surface area contributed by atoms with Crippen molar-refractivity contribution in [3.63, 3.8) is 0 Å². The van der Waals surface area contributed by atoms with Crippen LogP contribution in [0.3, 0.4) is 0 Å². The van der Waals surface area contributed by atoms with Crippen molar-refractivity contribution in [3.05, 3.63) is 24.0 Å². The summed E-state index contributed by atoms with van der Waals surface area (Å²) in [4.78, 5) is 10.9. The van der Waals surface area contributed by atoms with Gasteiger partial charge >= 0.3 is 5.97 Å². The lowest BCUT2D eigenvalue weighted by Crippen LogP contribution is -2.05.